The van der Waals surface area contributed by atoms with Crippen molar-refractivity contribution in [3.05, 3.63) is 41.6 Å². The van der Waals surface area contributed by atoms with Crippen LogP contribution in [0.2, 0.25) is 0 Å². The maximum Gasteiger partial charge on any atom is 0.141 e. The molecule has 4 rings (SSSR count). The molecule has 2 aromatic rings. The fourth-order valence-corrected chi connectivity index (χ4v) is 3.52. The molecule has 0 amide bonds. The van der Waals surface area contributed by atoms with Crippen molar-refractivity contribution in [2.45, 2.75) is 32.4 Å². The Morgan fingerprint density at radius 1 is 1.21 bits per heavy atom. The molecule has 0 spiro atoms. The van der Waals surface area contributed by atoms with Gasteiger partial charge in [0.05, 0.1) is 17.9 Å². The number of hydrogen-bond acceptors (Lipinski definition) is 6. The minimum Gasteiger partial charge on any atom is -0.487 e. The number of ether oxygens (including phenoxy) is 1. The lowest BCUT2D eigenvalue weighted by Crippen LogP contribution is -2.32. The third kappa shape index (κ3) is 2.94. The Balaban J connectivity index is 1.50. The SMILES string of the molecule is Cc1ncccc1OC1CCN(c2ncnc3c2CN(C)CC3)C1. The van der Waals surface area contributed by atoms with Crippen molar-refractivity contribution in [2.24, 2.45) is 0 Å². The predicted octanol–water partition coefficient (Wildman–Crippen LogP) is 1.83. The maximum absolute atomic E-state index is 6.17. The molecule has 2 aliphatic heterocycles. The zero-order chi connectivity index (χ0) is 16.5. The summed E-state index contributed by atoms with van der Waals surface area (Å²) >= 11 is 0. The summed E-state index contributed by atoms with van der Waals surface area (Å²) in [7, 11) is 2.15. The highest BCUT2D eigenvalue weighted by molar-refractivity contribution is 5.50. The molecule has 0 saturated carbocycles. The number of aryl methyl sites for hydroxylation is 1. The van der Waals surface area contributed by atoms with E-state index < -0.39 is 0 Å². The molecule has 0 radical (unpaired) electrons. The van der Waals surface area contributed by atoms with E-state index in [1.807, 2.05) is 19.1 Å². The Morgan fingerprint density at radius 3 is 3.00 bits per heavy atom. The minimum absolute atomic E-state index is 0.180. The second kappa shape index (κ2) is 6.36. The summed E-state index contributed by atoms with van der Waals surface area (Å²) in [6.07, 6.45) is 5.69. The van der Waals surface area contributed by atoms with Gasteiger partial charge in [-0.1, -0.05) is 0 Å². The summed E-state index contributed by atoms with van der Waals surface area (Å²) in [6, 6.07) is 3.91. The van der Waals surface area contributed by atoms with Gasteiger partial charge in [0, 0.05) is 44.2 Å². The topological polar surface area (TPSA) is 54.4 Å². The molecule has 4 heterocycles. The second-order valence-electron chi connectivity index (χ2n) is 6.67. The first kappa shape index (κ1) is 15.3. The fourth-order valence-electron chi connectivity index (χ4n) is 3.52. The van der Waals surface area contributed by atoms with Crippen LogP contribution in [-0.2, 0) is 13.0 Å². The van der Waals surface area contributed by atoms with Gasteiger partial charge in [-0.15, -0.1) is 0 Å². The number of aromatic nitrogens is 3. The van der Waals surface area contributed by atoms with Gasteiger partial charge in [-0.05, 0) is 26.1 Å². The van der Waals surface area contributed by atoms with Gasteiger partial charge < -0.3 is 14.5 Å². The average Bonchev–Trinajstić information content (AvgIpc) is 3.05. The van der Waals surface area contributed by atoms with Gasteiger partial charge in [0.1, 0.15) is 24.0 Å². The molecule has 0 bridgehead atoms. The maximum atomic E-state index is 6.17. The van der Waals surface area contributed by atoms with Gasteiger partial charge in [-0.25, -0.2) is 9.97 Å². The van der Waals surface area contributed by atoms with E-state index in [0.717, 1.165) is 56.3 Å². The molecular weight excluding hydrogens is 302 g/mol. The van der Waals surface area contributed by atoms with Crippen molar-refractivity contribution in [3.63, 3.8) is 0 Å². The highest BCUT2D eigenvalue weighted by Gasteiger charge is 2.29. The Labute approximate surface area is 142 Å². The van der Waals surface area contributed by atoms with Crippen LogP contribution in [0.25, 0.3) is 0 Å². The van der Waals surface area contributed by atoms with Crippen LogP contribution in [0.5, 0.6) is 5.75 Å². The molecule has 1 saturated heterocycles. The molecule has 0 aromatic carbocycles. The fraction of sp³-hybridized carbons (Fsp3) is 0.500. The summed E-state index contributed by atoms with van der Waals surface area (Å²) in [5.74, 6) is 1.97. The predicted molar refractivity (Wildman–Crippen MR) is 92.3 cm³/mol. The van der Waals surface area contributed by atoms with Crippen LogP contribution < -0.4 is 9.64 Å². The van der Waals surface area contributed by atoms with Crippen molar-refractivity contribution in [1.29, 1.82) is 0 Å². The summed E-state index contributed by atoms with van der Waals surface area (Å²) in [5.41, 5.74) is 3.42. The first-order chi connectivity index (χ1) is 11.7. The van der Waals surface area contributed by atoms with Crippen LogP contribution in [-0.4, -0.2) is 52.6 Å². The molecule has 2 aromatic heterocycles. The van der Waals surface area contributed by atoms with Crippen molar-refractivity contribution >= 4 is 5.82 Å². The summed E-state index contributed by atoms with van der Waals surface area (Å²) in [6.45, 7) is 5.81. The van der Waals surface area contributed by atoms with E-state index in [1.54, 1.807) is 12.5 Å². The van der Waals surface area contributed by atoms with Crippen LogP contribution in [0.15, 0.2) is 24.7 Å². The van der Waals surface area contributed by atoms with Crippen LogP contribution in [0.1, 0.15) is 23.4 Å². The van der Waals surface area contributed by atoms with Crippen molar-refractivity contribution in [1.82, 2.24) is 19.9 Å². The second-order valence-corrected chi connectivity index (χ2v) is 6.67. The molecule has 6 heteroatoms. The first-order valence-electron chi connectivity index (χ1n) is 8.55. The van der Waals surface area contributed by atoms with Crippen molar-refractivity contribution in [2.75, 3.05) is 31.6 Å². The normalized spacial score (nSPS) is 20.9. The summed E-state index contributed by atoms with van der Waals surface area (Å²) in [5, 5.41) is 0. The van der Waals surface area contributed by atoms with Crippen molar-refractivity contribution in [3.8, 4) is 5.75 Å². The highest BCUT2D eigenvalue weighted by Crippen LogP contribution is 2.29. The lowest BCUT2D eigenvalue weighted by Gasteiger charge is -2.28. The lowest BCUT2D eigenvalue weighted by molar-refractivity contribution is 0.222. The largest absolute Gasteiger partial charge is 0.487 e. The standard InChI is InChI=1S/C18H23N5O/c1-13-17(4-3-7-19-13)24-14-5-9-23(10-14)18-15-11-22(2)8-6-16(15)20-12-21-18/h3-4,7,12,14H,5-6,8-11H2,1-2H3. The van der Waals surface area contributed by atoms with E-state index >= 15 is 0 Å². The van der Waals surface area contributed by atoms with E-state index in [2.05, 4.69) is 31.8 Å². The molecule has 1 atom stereocenters. The highest BCUT2D eigenvalue weighted by atomic mass is 16.5. The zero-order valence-corrected chi connectivity index (χ0v) is 14.3. The monoisotopic (exact) mass is 325 g/mol. The van der Waals surface area contributed by atoms with Gasteiger partial charge in [-0.3, -0.25) is 4.98 Å². The van der Waals surface area contributed by atoms with Gasteiger partial charge in [0.25, 0.3) is 0 Å². The van der Waals surface area contributed by atoms with E-state index in [0.29, 0.717) is 0 Å². The molecule has 0 aliphatic carbocycles. The van der Waals surface area contributed by atoms with Gasteiger partial charge in [-0.2, -0.15) is 0 Å². The van der Waals surface area contributed by atoms with E-state index in [9.17, 15) is 0 Å². The van der Waals surface area contributed by atoms with Crippen LogP contribution in [0.4, 0.5) is 5.82 Å². The van der Waals surface area contributed by atoms with Crippen molar-refractivity contribution < 1.29 is 4.74 Å². The lowest BCUT2D eigenvalue weighted by atomic mass is 10.1. The molecular formula is C18H23N5O. The van der Waals surface area contributed by atoms with Gasteiger partial charge >= 0.3 is 0 Å². The number of anilines is 1. The van der Waals surface area contributed by atoms with Crippen LogP contribution in [0.3, 0.4) is 0 Å². The quantitative estimate of drug-likeness (QED) is 0.858. The van der Waals surface area contributed by atoms with Crippen LogP contribution >= 0.6 is 0 Å². The summed E-state index contributed by atoms with van der Waals surface area (Å²) < 4.78 is 6.17. The number of nitrogens with zero attached hydrogens (tertiary/aromatic N) is 5. The Hall–Kier alpha value is -2.21. The number of hydrogen-bond donors (Lipinski definition) is 0. The number of likely N-dealkylation sites (N-methyl/N-ethyl adjacent to an activating group) is 1. The van der Waals surface area contributed by atoms with E-state index in [1.165, 1.54) is 11.3 Å². The Morgan fingerprint density at radius 2 is 2.12 bits per heavy atom. The van der Waals surface area contributed by atoms with Gasteiger partial charge in [0.15, 0.2) is 0 Å². The van der Waals surface area contributed by atoms with E-state index in [4.69, 9.17) is 4.74 Å². The average molecular weight is 325 g/mol. The third-order valence-corrected chi connectivity index (χ3v) is 4.87. The summed E-state index contributed by atoms with van der Waals surface area (Å²) in [4.78, 5) is 18.0. The Kier molecular flexibility index (Phi) is 4.06. The smallest absolute Gasteiger partial charge is 0.141 e. The number of fused-ring (bicyclic) bond motifs is 1. The minimum atomic E-state index is 0.180. The number of pyridine rings is 1. The molecule has 6 nitrogen and oxygen atoms in total. The zero-order valence-electron chi connectivity index (χ0n) is 14.3. The first-order valence-corrected chi connectivity index (χ1v) is 8.55. The third-order valence-electron chi connectivity index (χ3n) is 4.87. The molecule has 126 valence electrons. The molecule has 1 fully saturated rings. The molecule has 1 unspecified atom stereocenters. The van der Waals surface area contributed by atoms with E-state index in [-0.39, 0.29) is 6.10 Å². The Bertz CT molecular complexity index is 735. The number of rotatable bonds is 3. The van der Waals surface area contributed by atoms with Crippen LogP contribution in [0, 0.1) is 6.92 Å². The molecule has 24 heavy (non-hydrogen) atoms. The van der Waals surface area contributed by atoms with Gasteiger partial charge in [0.2, 0.25) is 0 Å². The molecule has 0 N–H and O–H groups in total. The molecule has 2 aliphatic rings.